The molecule has 0 bridgehead atoms. The molecule has 0 spiro atoms. The van der Waals surface area contributed by atoms with Crippen molar-refractivity contribution in [2.45, 2.75) is 65.5 Å². The number of rotatable bonds is 9. The molecule has 6 nitrogen and oxygen atoms in total. The lowest BCUT2D eigenvalue weighted by molar-refractivity contribution is -0.151. The normalized spacial score (nSPS) is 30.3. The maximum absolute atomic E-state index is 13.1. The number of fused-ring (bicyclic) bond motifs is 1. The molecule has 142 valence electrons. The molecule has 2 aliphatic carbocycles. The van der Waals surface area contributed by atoms with Crippen LogP contribution in [0.5, 0.6) is 0 Å². The number of esters is 1. The van der Waals surface area contributed by atoms with Crippen molar-refractivity contribution in [3.8, 4) is 0 Å². The number of hydrogen-bond acceptors (Lipinski definition) is 6. The van der Waals surface area contributed by atoms with E-state index in [4.69, 9.17) is 9.47 Å². The van der Waals surface area contributed by atoms with E-state index in [1.807, 2.05) is 25.7 Å². The average Bonchev–Trinajstić information content (AvgIpc) is 3.05. The lowest BCUT2D eigenvalue weighted by Gasteiger charge is -2.34. The van der Waals surface area contributed by atoms with Gasteiger partial charge in [-0.3, -0.25) is 19.3 Å². The second-order valence-corrected chi connectivity index (χ2v) is 7.50. The second kappa shape index (κ2) is 7.54. The molecule has 0 N–H and O–H groups in total. The van der Waals surface area contributed by atoms with Crippen molar-refractivity contribution < 1.29 is 23.9 Å². The number of Topliss-reactive ketones (excluding diaryl/α,β-unsaturated/α-hetero) is 2. The SMILES string of the molecule is CCCCN(CC(=O)OCC)C1CC(=O)C2(OCC)C(C1=O)C2(C)C. The molecule has 0 saturated heterocycles. The van der Waals surface area contributed by atoms with Gasteiger partial charge in [0.05, 0.1) is 25.1 Å². The van der Waals surface area contributed by atoms with E-state index in [9.17, 15) is 14.4 Å². The van der Waals surface area contributed by atoms with Crippen LogP contribution in [-0.4, -0.2) is 60.4 Å². The Kier molecular flexibility index (Phi) is 6.05. The van der Waals surface area contributed by atoms with Crippen molar-refractivity contribution >= 4 is 17.5 Å². The highest BCUT2D eigenvalue weighted by atomic mass is 16.5. The number of unbranched alkanes of at least 4 members (excludes halogenated alkanes) is 1. The number of carbonyl (C=O) groups is 3. The summed E-state index contributed by atoms with van der Waals surface area (Å²) in [7, 11) is 0. The molecule has 3 atom stereocenters. The van der Waals surface area contributed by atoms with Crippen molar-refractivity contribution in [3.63, 3.8) is 0 Å². The van der Waals surface area contributed by atoms with Gasteiger partial charge in [0.25, 0.3) is 0 Å². The maximum Gasteiger partial charge on any atom is 0.320 e. The van der Waals surface area contributed by atoms with Crippen molar-refractivity contribution in [1.29, 1.82) is 0 Å². The Morgan fingerprint density at radius 1 is 1.20 bits per heavy atom. The first-order chi connectivity index (χ1) is 11.8. The highest BCUT2D eigenvalue weighted by Gasteiger charge is 2.81. The summed E-state index contributed by atoms with van der Waals surface area (Å²) in [5.74, 6) is -0.758. The van der Waals surface area contributed by atoms with Gasteiger partial charge in [-0.25, -0.2) is 0 Å². The minimum absolute atomic E-state index is 0.0145. The van der Waals surface area contributed by atoms with Gasteiger partial charge in [-0.05, 0) is 26.8 Å². The van der Waals surface area contributed by atoms with E-state index >= 15 is 0 Å². The zero-order valence-electron chi connectivity index (χ0n) is 16.1. The van der Waals surface area contributed by atoms with Gasteiger partial charge >= 0.3 is 5.97 Å². The topological polar surface area (TPSA) is 72.9 Å². The van der Waals surface area contributed by atoms with Crippen LogP contribution in [0.4, 0.5) is 0 Å². The van der Waals surface area contributed by atoms with Crippen LogP contribution in [0.2, 0.25) is 0 Å². The smallest absolute Gasteiger partial charge is 0.320 e. The molecule has 0 amide bonds. The minimum atomic E-state index is -0.963. The molecule has 0 aromatic rings. The standard InChI is InChI=1S/C19H31NO5/c1-6-9-10-20(12-15(22)24-7-2)13-11-14(21)19(25-8-3)17(16(13)23)18(19,4)5/h13,17H,6-12H2,1-5H3. The summed E-state index contributed by atoms with van der Waals surface area (Å²) in [6, 6.07) is -0.552. The van der Waals surface area contributed by atoms with Crippen LogP contribution in [0, 0.1) is 11.3 Å². The molecule has 25 heavy (non-hydrogen) atoms. The molecule has 0 aromatic carbocycles. The summed E-state index contributed by atoms with van der Waals surface area (Å²) in [6.45, 7) is 10.9. The quantitative estimate of drug-likeness (QED) is 0.590. The predicted molar refractivity (Wildman–Crippen MR) is 93.2 cm³/mol. The summed E-state index contributed by atoms with van der Waals surface area (Å²) in [5.41, 5.74) is -1.44. The fraction of sp³-hybridized carbons (Fsp3) is 0.842. The zero-order chi connectivity index (χ0) is 18.8. The van der Waals surface area contributed by atoms with E-state index in [1.165, 1.54) is 0 Å². The van der Waals surface area contributed by atoms with Crippen LogP contribution in [0.15, 0.2) is 0 Å². The monoisotopic (exact) mass is 353 g/mol. The minimum Gasteiger partial charge on any atom is -0.465 e. The largest absolute Gasteiger partial charge is 0.465 e. The Balaban J connectivity index is 2.21. The first kappa shape index (κ1) is 20.0. The summed E-state index contributed by atoms with van der Waals surface area (Å²) >= 11 is 0. The van der Waals surface area contributed by atoms with E-state index < -0.39 is 23.0 Å². The molecule has 0 radical (unpaired) electrons. The van der Waals surface area contributed by atoms with E-state index in [1.54, 1.807) is 6.92 Å². The first-order valence-electron chi connectivity index (χ1n) is 9.38. The Morgan fingerprint density at radius 3 is 2.44 bits per heavy atom. The van der Waals surface area contributed by atoms with Gasteiger partial charge in [-0.15, -0.1) is 0 Å². The predicted octanol–water partition coefficient (Wildman–Crippen LogP) is 1.99. The highest BCUT2D eigenvalue weighted by molar-refractivity contribution is 6.10. The van der Waals surface area contributed by atoms with Crippen LogP contribution in [-0.2, 0) is 23.9 Å². The van der Waals surface area contributed by atoms with Gasteiger partial charge in [0, 0.05) is 18.4 Å². The zero-order valence-corrected chi connectivity index (χ0v) is 16.1. The van der Waals surface area contributed by atoms with Crippen LogP contribution in [0.25, 0.3) is 0 Å². The summed E-state index contributed by atoms with van der Waals surface area (Å²) < 4.78 is 10.8. The molecule has 2 saturated carbocycles. The Labute approximate surface area is 150 Å². The van der Waals surface area contributed by atoms with Gasteiger partial charge in [0.2, 0.25) is 0 Å². The molecular weight excluding hydrogens is 322 g/mol. The second-order valence-electron chi connectivity index (χ2n) is 7.50. The van der Waals surface area contributed by atoms with Gasteiger partial charge in [-0.2, -0.15) is 0 Å². The summed E-state index contributed by atoms with van der Waals surface area (Å²) in [4.78, 5) is 39.8. The number of hydrogen-bond donors (Lipinski definition) is 0. The molecular formula is C19H31NO5. The highest BCUT2D eigenvalue weighted by Crippen LogP contribution is 2.67. The van der Waals surface area contributed by atoms with Crippen molar-refractivity contribution in [1.82, 2.24) is 4.90 Å². The van der Waals surface area contributed by atoms with E-state index in [2.05, 4.69) is 6.92 Å². The maximum atomic E-state index is 13.1. The molecule has 0 aliphatic heterocycles. The Bertz CT molecular complexity index is 544. The summed E-state index contributed by atoms with van der Waals surface area (Å²) in [5, 5.41) is 0. The molecule has 0 aromatic heterocycles. The lowest BCUT2D eigenvalue weighted by atomic mass is 9.89. The van der Waals surface area contributed by atoms with E-state index in [-0.39, 0.29) is 30.5 Å². The van der Waals surface area contributed by atoms with Crippen molar-refractivity contribution in [2.24, 2.45) is 11.3 Å². The fourth-order valence-electron chi connectivity index (χ4n) is 4.39. The number of carbonyl (C=O) groups excluding carboxylic acids is 3. The molecule has 2 rings (SSSR count). The van der Waals surface area contributed by atoms with Crippen LogP contribution in [0.3, 0.4) is 0 Å². The van der Waals surface area contributed by atoms with E-state index in [0.717, 1.165) is 12.8 Å². The Hall–Kier alpha value is -1.27. The fourth-order valence-corrected chi connectivity index (χ4v) is 4.39. The average molecular weight is 353 g/mol. The number of ether oxygens (including phenoxy) is 2. The van der Waals surface area contributed by atoms with Crippen LogP contribution >= 0.6 is 0 Å². The van der Waals surface area contributed by atoms with Gasteiger partial charge in [0.15, 0.2) is 11.6 Å². The van der Waals surface area contributed by atoms with Crippen LogP contribution < -0.4 is 0 Å². The molecule has 6 heteroatoms. The Morgan fingerprint density at radius 2 is 1.88 bits per heavy atom. The third-order valence-electron chi connectivity index (χ3n) is 5.66. The van der Waals surface area contributed by atoms with Crippen molar-refractivity contribution in [3.05, 3.63) is 0 Å². The van der Waals surface area contributed by atoms with Crippen LogP contribution in [0.1, 0.15) is 53.9 Å². The number of ketones is 2. The van der Waals surface area contributed by atoms with Crippen molar-refractivity contribution in [2.75, 3.05) is 26.3 Å². The molecule has 2 fully saturated rings. The third-order valence-corrected chi connectivity index (χ3v) is 5.66. The van der Waals surface area contributed by atoms with Gasteiger partial charge < -0.3 is 9.47 Å². The lowest BCUT2D eigenvalue weighted by Crippen LogP contribution is -2.52. The molecule has 2 aliphatic rings. The van der Waals surface area contributed by atoms with Gasteiger partial charge in [0.1, 0.15) is 5.60 Å². The molecule has 3 unspecified atom stereocenters. The summed E-state index contributed by atoms with van der Waals surface area (Å²) in [6.07, 6.45) is 1.93. The third kappa shape index (κ3) is 3.26. The number of nitrogens with zero attached hydrogens (tertiary/aromatic N) is 1. The first-order valence-corrected chi connectivity index (χ1v) is 9.38. The molecule has 0 heterocycles. The van der Waals surface area contributed by atoms with Gasteiger partial charge in [-0.1, -0.05) is 27.2 Å². The van der Waals surface area contributed by atoms with E-state index in [0.29, 0.717) is 19.8 Å².